The van der Waals surface area contributed by atoms with E-state index in [1.54, 1.807) is 0 Å². The molecular weight excluding hydrogens is 238 g/mol. The minimum Gasteiger partial charge on any atom is -0.330 e. The number of halogens is 1. The summed E-state index contributed by atoms with van der Waals surface area (Å²) in [6.07, 6.45) is 0.947. The van der Waals surface area contributed by atoms with Gasteiger partial charge in [-0.25, -0.2) is 0 Å². The molecule has 2 heteroatoms. The van der Waals surface area contributed by atoms with Crippen LogP contribution in [-0.2, 0) is 6.42 Å². The van der Waals surface area contributed by atoms with E-state index >= 15 is 0 Å². The summed E-state index contributed by atoms with van der Waals surface area (Å²) in [5.41, 5.74) is 6.83. The summed E-state index contributed by atoms with van der Waals surface area (Å²) in [4.78, 5) is 0. The van der Waals surface area contributed by atoms with Gasteiger partial charge < -0.3 is 5.73 Å². The van der Waals surface area contributed by atoms with Crippen molar-refractivity contribution in [2.24, 2.45) is 5.73 Å². The third-order valence-electron chi connectivity index (χ3n) is 2.32. The van der Waals surface area contributed by atoms with Crippen LogP contribution in [0.5, 0.6) is 0 Å². The van der Waals surface area contributed by atoms with E-state index in [1.807, 2.05) is 0 Å². The monoisotopic (exact) mass is 249 g/mol. The Labute approximate surface area is 92.1 Å². The first-order valence-electron chi connectivity index (χ1n) is 4.68. The Hall–Kier alpha value is -0.860. The van der Waals surface area contributed by atoms with Crippen LogP contribution >= 0.6 is 15.9 Å². The lowest BCUT2D eigenvalue weighted by molar-refractivity contribution is 0.971. The van der Waals surface area contributed by atoms with Crippen LogP contribution in [0.4, 0.5) is 0 Å². The minimum atomic E-state index is 0.708. The van der Waals surface area contributed by atoms with Crippen molar-refractivity contribution in [3.8, 4) is 0 Å². The van der Waals surface area contributed by atoms with Gasteiger partial charge >= 0.3 is 0 Å². The molecular formula is C12H12BrN. The zero-order chi connectivity index (χ0) is 9.97. The number of nitrogens with two attached hydrogens (primary N) is 1. The molecule has 0 radical (unpaired) electrons. The fourth-order valence-corrected chi connectivity index (χ4v) is 2.13. The smallest absolute Gasteiger partial charge is 0.0253 e. The van der Waals surface area contributed by atoms with Crippen molar-refractivity contribution in [3.05, 3.63) is 46.4 Å². The van der Waals surface area contributed by atoms with Crippen molar-refractivity contribution >= 4 is 26.7 Å². The zero-order valence-corrected chi connectivity index (χ0v) is 9.42. The van der Waals surface area contributed by atoms with Gasteiger partial charge in [-0.2, -0.15) is 0 Å². The molecule has 0 aromatic heterocycles. The van der Waals surface area contributed by atoms with E-state index in [9.17, 15) is 0 Å². The Balaban J connectivity index is 2.56. The van der Waals surface area contributed by atoms with Crippen molar-refractivity contribution in [1.29, 1.82) is 0 Å². The van der Waals surface area contributed by atoms with Gasteiger partial charge in [0.1, 0.15) is 0 Å². The summed E-state index contributed by atoms with van der Waals surface area (Å²) in [7, 11) is 0. The molecule has 2 rings (SSSR count). The fourth-order valence-electron chi connectivity index (χ4n) is 1.62. The van der Waals surface area contributed by atoms with Gasteiger partial charge in [0.15, 0.2) is 0 Å². The molecule has 2 aromatic rings. The maximum absolute atomic E-state index is 5.53. The van der Waals surface area contributed by atoms with Crippen LogP contribution in [0.1, 0.15) is 5.56 Å². The first-order chi connectivity index (χ1) is 6.81. The maximum Gasteiger partial charge on any atom is 0.0253 e. The van der Waals surface area contributed by atoms with Gasteiger partial charge in [0.05, 0.1) is 0 Å². The summed E-state index contributed by atoms with van der Waals surface area (Å²) in [6, 6.07) is 12.7. The van der Waals surface area contributed by atoms with Gasteiger partial charge in [-0.1, -0.05) is 46.3 Å². The third kappa shape index (κ3) is 1.81. The van der Waals surface area contributed by atoms with E-state index in [-0.39, 0.29) is 0 Å². The number of fused-ring (bicyclic) bond motifs is 1. The minimum absolute atomic E-state index is 0.708. The Morgan fingerprint density at radius 3 is 2.79 bits per heavy atom. The zero-order valence-electron chi connectivity index (χ0n) is 7.83. The number of hydrogen-bond acceptors (Lipinski definition) is 1. The SMILES string of the molecule is NCCc1ccc2c(Br)cccc2c1. The average Bonchev–Trinajstić information content (AvgIpc) is 2.18. The van der Waals surface area contributed by atoms with Crippen LogP contribution in [0.3, 0.4) is 0 Å². The van der Waals surface area contributed by atoms with Crippen molar-refractivity contribution < 1.29 is 0 Å². The van der Waals surface area contributed by atoms with Crippen LogP contribution in [0.25, 0.3) is 10.8 Å². The Morgan fingerprint density at radius 2 is 2.00 bits per heavy atom. The number of hydrogen-bond donors (Lipinski definition) is 1. The topological polar surface area (TPSA) is 26.0 Å². The predicted molar refractivity (Wildman–Crippen MR) is 64.4 cm³/mol. The lowest BCUT2D eigenvalue weighted by Gasteiger charge is -2.03. The van der Waals surface area contributed by atoms with Gasteiger partial charge in [-0.15, -0.1) is 0 Å². The molecule has 2 N–H and O–H groups in total. The van der Waals surface area contributed by atoms with E-state index in [0.717, 1.165) is 10.9 Å². The number of benzene rings is 2. The van der Waals surface area contributed by atoms with Crippen molar-refractivity contribution in [2.45, 2.75) is 6.42 Å². The molecule has 0 saturated carbocycles. The van der Waals surface area contributed by atoms with Crippen LogP contribution in [0.15, 0.2) is 40.9 Å². The molecule has 0 aliphatic heterocycles. The molecule has 2 aromatic carbocycles. The Bertz CT molecular complexity index is 451. The summed E-state index contributed by atoms with van der Waals surface area (Å²) < 4.78 is 1.15. The summed E-state index contributed by atoms with van der Waals surface area (Å²) >= 11 is 3.54. The molecule has 0 aliphatic rings. The van der Waals surface area contributed by atoms with Crippen LogP contribution in [0.2, 0.25) is 0 Å². The molecule has 0 saturated heterocycles. The Morgan fingerprint density at radius 1 is 1.14 bits per heavy atom. The predicted octanol–water partition coefficient (Wildman–Crippen LogP) is 3.10. The Kier molecular flexibility index (Phi) is 2.85. The van der Waals surface area contributed by atoms with Gasteiger partial charge in [0.2, 0.25) is 0 Å². The normalized spacial score (nSPS) is 10.7. The highest BCUT2D eigenvalue weighted by Gasteiger charge is 1.98. The largest absolute Gasteiger partial charge is 0.330 e. The van der Waals surface area contributed by atoms with E-state index in [1.165, 1.54) is 16.3 Å². The summed E-state index contributed by atoms with van der Waals surface area (Å²) in [5, 5.41) is 2.53. The molecule has 0 unspecified atom stereocenters. The maximum atomic E-state index is 5.53. The van der Waals surface area contributed by atoms with E-state index in [4.69, 9.17) is 5.73 Å². The average molecular weight is 250 g/mol. The molecule has 0 aliphatic carbocycles. The van der Waals surface area contributed by atoms with Crippen LogP contribution in [-0.4, -0.2) is 6.54 Å². The second-order valence-electron chi connectivity index (χ2n) is 3.33. The van der Waals surface area contributed by atoms with E-state index < -0.39 is 0 Å². The molecule has 0 fully saturated rings. The molecule has 72 valence electrons. The first kappa shape index (κ1) is 9.69. The highest BCUT2D eigenvalue weighted by molar-refractivity contribution is 9.10. The van der Waals surface area contributed by atoms with Gasteiger partial charge in [-0.05, 0) is 35.4 Å². The summed E-state index contributed by atoms with van der Waals surface area (Å²) in [5.74, 6) is 0. The first-order valence-corrected chi connectivity index (χ1v) is 5.48. The van der Waals surface area contributed by atoms with Crippen molar-refractivity contribution in [3.63, 3.8) is 0 Å². The quantitative estimate of drug-likeness (QED) is 0.870. The third-order valence-corrected chi connectivity index (χ3v) is 3.02. The van der Waals surface area contributed by atoms with E-state index in [0.29, 0.717) is 6.54 Å². The molecule has 0 bridgehead atoms. The van der Waals surface area contributed by atoms with Crippen molar-refractivity contribution in [2.75, 3.05) is 6.54 Å². The standard InChI is InChI=1S/C12H12BrN/c13-12-3-1-2-10-8-9(6-7-14)4-5-11(10)12/h1-5,8H,6-7,14H2. The second kappa shape index (κ2) is 4.11. The highest BCUT2D eigenvalue weighted by Crippen LogP contribution is 2.24. The van der Waals surface area contributed by atoms with Gasteiger partial charge in [-0.3, -0.25) is 0 Å². The van der Waals surface area contributed by atoms with Crippen LogP contribution in [0, 0.1) is 0 Å². The molecule has 0 heterocycles. The highest BCUT2D eigenvalue weighted by atomic mass is 79.9. The fraction of sp³-hybridized carbons (Fsp3) is 0.167. The van der Waals surface area contributed by atoms with Gasteiger partial charge in [0.25, 0.3) is 0 Å². The molecule has 0 amide bonds. The lowest BCUT2D eigenvalue weighted by Crippen LogP contribution is -2.02. The number of rotatable bonds is 2. The lowest BCUT2D eigenvalue weighted by atomic mass is 10.1. The van der Waals surface area contributed by atoms with Crippen LogP contribution < -0.4 is 5.73 Å². The molecule has 14 heavy (non-hydrogen) atoms. The van der Waals surface area contributed by atoms with E-state index in [2.05, 4.69) is 52.3 Å². The summed E-state index contributed by atoms with van der Waals surface area (Å²) in [6.45, 7) is 0.708. The molecule has 0 spiro atoms. The van der Waals surface area contributed by atoms with Gasteiger partial charge in [0, 0.05) is 4.47 Å². The molecule has 1 nitrogen and oxygen atoms in total. The van der Waals surface area contributed by atoms with Crippen molar-refractivity contribution in [1.82, 2.24) is 0 Å². The second-order valence-corrected chi connectivity index (χ2v) is 4.19. The molecule has 0 atom stereocenters.